The molecule has 0 atom stereocenters. The highest BCUT2D eigenvalue weighted by Crippen LogP contribution is 2.15. The normalized spacial score (nSPS) is 17.9. The molecular weight excluding hydrogens is 188 g/mol. The van der Waals surface area contributed by atoms with Gasteiger partial charge in [0.1, 0.15) is 5.82 Å². The third-order valence-corrected chi connectivity index (χ3v) is 3.03. The standard InChI is InChI=1S/C11H20N4/c1-15-9-5-11(14-15)13-8-4-10-2-6-12-7-3-10/h5,9-10,12H,2-4,6-8H2,1H3,(H,13,14). The van der Waals surface area contributed by atoms with Gasteiger partial charge in [0.15, 0.2) is 0 Å². The zero-order valence-electron chi connectivity index (χ0n) is 9.37. The number of nitrogens with zero attached hydrogens (tertiary/aromatic N) is 2. The Bertz CT molecular complexity index is 289. The number of nitrogens with one attached hydrogen (secondary N) is 2. The lowest BCUT2D eigenvalue weighted by Gasteiger charge is -2.22. The summed E-state index contributed by atoms with van der Waals surface area (Å²) < 4.78 is 1.83. The van der Waals surface area contributed by atoms with Gasteiger partial charge in [-0.05, 0) is 38.3 Å². The van der Waals surface area contributed by atoms with Gasteiger partial charge in [0.2, 0.25) is 0 Å². The Hall–Kier alpha value is -1.03. The van der Waals surface area contributed by atoms with Gasteiger partial charge in [-0.2, -0.15) is 5.10 Å². The molecule has 0 amide bonds. The van der Waals surface area contributed by atoms with Gasteiger partial charge < -0.3 is 10.6 Å². The van der Waals surface area contributed by atoms with Crippen molar-refractivity contribution in [2.75, 3.05) is 25.0 Å². The average molecular weight is 208 g/mol. The van der Waals surface area contributed by atoms with E-state index in [0.29, 0.717) is 0 Å². The van der Waals surface area contributed by atoms with Gasteiger partial charge >= 0.3 is 0 Å². The Balaban J connectivity index is 1.65. The summed E-state index contributed by atoms with van der Waals surface area (Å²) in [6.07, 6.45) is 5.87. The van der Waals surface area contributed by atoms with Crippen LogP contribution in [-0.2, 0) is 7.05 Å². The van der Waals surface area contributed by atoms with Crippen molar-refractivity contribution in [2.24, 2.45) is 13.0 Å². The third-order valence-electron chi connectivity index (χ3n) is 3.03. The van der Waals surface area contributed by atoms with E-state index in [1.54, 1.807) is 0 Å². The maximum atomic E-state index is 4.29. The van der Waals surface area contributed by atoms with E-state index in [9.17, 15) is 0 Å². The van der Waals surface area contributed by atoms with E-state index in [1.807, 2.05) is 24.0 Å². The highest BCUT2D eigenvalue weighted by molar-refractivity contribution is 5.31. The molecule has 2 heterocycles. The maximum absolute atomic E-state index is 4.29. The summed E-state index contributed by atoms with van der Waals surface area (Å²) in [5.41, 5.74) is 0. The molecule has 2 rings (SSSR count). The number of aryl methyl sites for hydroxylation is 1. The minimum Gasteiger partial charge on any atom is -0.369 e. The van der Waals surface area contributed by atoms with Crippen LogP contribution in [0.15, 0.2) is 12.3 Å². The average Bonchev–Trinajstić information content (AvgIpc) is 2.66. The monoisotopic (exact) mass is 208 g/mol. The first-order valence-electron chi connectivity index (χ1n) is 5.79. The van der Waals surface area contributed by atoms with Crippen LogP contribution in [0, 0.1) is 5.92 Å². The molecule has 84 valence electrons. The fourth-order valence-corrected chi connectivity index (χ4v) is 2.08. The van der Waals surface area contributed by atoms with Crippen molar-refractivity contribution in [3.8, 4) is 0 Å². The van der Waals surface area contributed by atoms with E-state index < -0.39 is 0 Å². The molecule has 4 nitrogen and oxygen atoms in total. The Labute approximate surface area is 91.1 Å². The van der Waals surface area contributed by atoms with Crippen molar-refractivity contribution in [1.82, 2.24) is 15.1 Å². The van der Waals surface area contributed by atoms with Gasteiger partial charge in [-0.25, -0.2) is 0 Å². The minimum atomic E-state index is 0.891. The quantitative estimate of drug-likeness (QED) is 0.782. The molecule has 2 N–H and O–H groups in total. The van der Waals surface area contributed by atoms with Gasteiger partial charge in [-0.3, -0.25) is 4.68 Å². The molecule has 0 bridgehead atoms. The molecule has 0 spiro atoms. The second-order valence-electron chi connectivity index (χ2n) is 4.28. The topological polar surface area (TPSA) is 41.9 Å². The Morgan fingerprint density at radius 1 is 1.53 bits per heavy atom. The number of rotatable bonds is 4. The van der Waals surface area contributed by atoms with Gasteiger partial charge in [0.25, 0.3) is 0 Å². The van der Waals surface area contributed by atoms with Gasteiger partial charge in [0, 0.05) is 25.9 Å². The van der Waals surface area contributed by atoms with Crippen LogP contribution in [0.1, 0.15) is 19.3 Å². The van der Waals surface area contributed by atoms with Gasteiger partial charge in [0.05, 0.1) is 0 Å². The molecule has 0 unspecified atom stereocenters. The first kappa shape index (κ1) is 10.5. The van der Waals surface area contributed by atoms with Crippen molar-refractivity contribution in [3.63, 3.8) is 0 Å². The SMILES string of the molecule is Cn1ccc(NCCC2CCNCC2)n1. The lowest BCUT2D eigenvalue weighted by Crippen LogP contribution is -2.28. The van der Waals surface area contributed by atoms with Gasteiger partial charge in [-0.1, -0.05) is 0 Å². The van der Waals surface area contributed by atoms with Crippen LogP contribution in [0.3, 0.4) is 0 Å². The highest BCUT2D eigenvalue weighted by atomic mass is 15.3. The summed E-state index contributed by atoms with van der Waals surface area (Å²) in [6, 6.07) is 2.02. The summed E-state index contributed by atoms with van der Waals surface area (Å²) in [6.45, 7) is 3.42. The van der Waals surface area contributed by atoms with Crippen LogP contribution in [0.2, 0.25) is 0 Å². The van der Waals surface area contributed by atoms with Crippen molar-refractivity contribution < 1.29 is 0 Å². The molecule has 1 saturated heterocycles. The first-order valence-corrected chi connectivity index (χ1v) is 5.79. The van der Waals surface area contributed by atoms with Crippen LogP contribution in [-0.4, -0.2) is 29.4 Å². The number of piperidine rings is 1. The first-order chi connectivity index (χ1) is 7.34. The van der Waals surface area contributed by atoms with Crippen molar-refractivity contribution >= 4 is 5.82 Å². The molecule has 1 aromatic heterocycles. The molecule has 1 aliphatic heterocycles. The molecule has 0 aliphatic carbocycles. The molecule has 0 aromatic carbocycles. The lowest BCUT2D eigenvalue weighted by molar-refractivity contribution is 0.361. The smallest absolute Gasteiger partial charge is 0.147 e. The van der Waals surface area contributed by atoms with Crippen LogP contribution in [0.25, 0.3) is 0 Å². The molecule has 15 heavy (non-hydrogen) atoms. The summed E-state index contributed by atoms with van der Waals surface area (Å²) in [5.74, 6) is 1.88. The van der Waals surface area contributed by atoms with Crippen LogP contribution >= 0.6 is 0 Å². The Morgan fingerprint density at radius 2 is 2.33 bits per heavy atom. The van der Waals surface area contributed by atoms with E-state index >= 15 is 0 Å². The van der Waals surface area contributed by atoms with E-state index in [-0.39, 0.29) is 0 Å². The van der Waals surface area contributed by atoms with Crippen molar-refractivity contribution in [2.45, 2.75) is 19.3 Å². The van der Waals surface area contributed by atoms with Crippen LogP contribution in [0.5, 0.6) is 0 Å². The third kappa shape index (κ3) is 3.23. The molecular formula is C11H20N4. The summed E-state index contributed by atoms with van der Waals surface area (Å²) in [7, 11) is 1.94. The lowest BCUT2D eigenvalue weighted by atomic mass is 9.95. The summed E-state index contributed by atoms with van der Waals surface area (Å²) in [4.78, 5) is 0. The van der Waals surface area contributed by atoms with E-state index in [2.05, 4.69) is 15.7 Å². The molecule has 1 aromatic rings. The second kappa shape index (κ2) is 5.16. The highest BCUT2D eigenvalue weighted by Gasteiger charge is 2.12. The number of anilines is 1. The Morgan fingerprint density at radius 3 is 3.00 bits per heavy atom. The van der Waals surface area contributed by atoms with Gasteiger partial charge in [-0.15, -0.1) is 0 Å². The van der Waals surface area contributed by atoms with E-state index in [0.717, 1.165) is 18.3 Å². The van der Waals surface area contributed by atoms with Crippen molar-refractivity contribution in [1.29, 1.82) is 0 Å². The zero-order valence-corrected chi connectivity index (χ0v) is 9.37. The fraction of sp³-hybridized carbons (Fsp3) is 0.727. The molecule has 1 fully saturated rings. The second-order valence-corrected chi connectivity index (χ2v) is 4.28. The minimum absolute atomic E-state index is 0.891. The largest absolute Gasteiger partial charge is 0.369 e. The number of aromatic nitrogens is 2. The predicted molar refractivity (Wildman–Crippen MR) is 61.9 cm³/mol. The molecule has 0 saturated carbocycles. The zero-order chi connectivity index (χ0) is 10.5. The van der Waals surface area contributed by atoms with E-state index in [1.165, 1.54) is 32.4 Å². The van der Waals surface area contributed by atoms with Crippen LogP contribution < -0.4 is 10.6 Å². The van der Waals surface area contributed by atoms with Crippen molar-refractivity contribution in [3.05, 3.63) is 12.3 Å². The van der Waals surface area contributed by atoms with E-state index in [4.69, 9.17) is 0 Å². The molecule has 1 aliphatic rings. The fourth-order valence-electron chi connectivity index (χ4n) is 2.08. The Kier molecular flexibility index (Phi) is 3.61. The molecule has 0 radical (unpaired) electrons. The summed E-state index contributed by atoms with van der Waals surface area (Å²) in [5, 5.41) is 11.0. The number of hydrogen-bond donors (Lipinski definition) is 2. The predicted octanol–water partition coefficient (Wildman–Crippen LogP) is 1.22. The number of hydrogen-bond acceptors (Lipinski definition) is 3. The summed E-state index contributed by atoms with van der Waals surface area (Å²) >= 11 is 0. The molecule has 4 heteroatoms. The maximum Gasteiger partial charge on any atom is 0.147 e. The van der Waals surface area contributed by atoms with Crippen LogP contribution in [0.4, 0.5) is 5.82 Å².